The van der Waals surface area contributed by atoms with E-state index in [9.17, 15) is 15.0 Å². The predicted molar refractivity (Wildman–Crippen MR) is 171 cm³/mol. The lowest BCUT2D eigenvalue weighted by molar-refractivity contribution is -0.253. The van der Waals surface area contributed by atoms with Gasteiger partial charge in [-0.2, -0.15) is 0 Å². The van der Waals surface area contributed by atoms with Crippen LogP contribution in [-0.4, -0.2) is 46.8 Å². The Bertz CT molecular complexity index is 1490. The molecule has 230 valence electrons. The quantitative estimate of drug-likeness (QED) is 0.195. The molecule has 44 heavy (non-hydrogen) atoms. The minimum atomic E-state index is -0.622. The van der Waals surface area contributed by atoms with Crippen molar-refractivity contribution in [2.45, 2.75) is 64.1 Å². The number of carbonyl (C=O) groups is 1. The molecule has 1 aliphatic heterocycles. The molecule has 7 heteroatoms. The van der Waals surface area contributed by atoms with Gasteiger partial charge >= 0.3 is 0 Å². The van der Waals surface area contributed by atoms with Gasteiger partial charge < -0.3 is 25.0 Å². The molecule has 1 aliphatic rings. The first-order valence-electron chi connectivity index (χ1n) is 15.2. The van der Waals surface area contributed by atoms with E-state index in [0.29, 0.717) is 19.5 Å². The number of hydrogen-bond donors (Lipinski definition) is 3. The summed E-state index contributed by atoms with van der Waals surface area (Å²) in [6.45, 7) is 4.65. The number of hydrogen-bond acceptors (Lipinski definition) is 6. The van der Waals surface area contributed by atoms with Gasteiger partial charge in [-0.15, -0.1) is 0 Å². The van der Waals surface area contributed by atoms with Gasteiger partial charge in [-0.25, -0.2) is 0 Å². The summed E-state index contributed by atoms with van der Waals surface area (Å²) in [4.78, 5) is 13.5. The molecule has 0 radical (unpaired) electrons. The molecule has 7 nitrogen and oxygen atoms in total. The average Bonchev–Trinajstić information content (AvgIpc) is 3.07. The topological polar surface area (TPSA) is 91.3 Å². The van der Waals surface area contributed by atoms with Crippen molar-refractivity contribution in [1.29, 1.82) is 0 Å². The monoisotopic (exact) mass is 594 g/mol. The Morgan fingerprint density at radius 1 is 0.886 bits per heavy atom. The van der Waals surface area contributed by atoms with E-state index in [1.54, 1.807) is 0 Å². The third-order valence-electron chi connectivity index (χ3n) is 8.38. The first-order chi connectivity index (χ1) is 21.3. The maximum absolute atomic E-state index is 11.3. The number of likely N-dealkylation sites (N-methyl/N-ethyl adjacent to an activating group) is 1. The lowest BCUT2D eigenvalue weighted by atomic mass is 9.98. The van der Waals surface area contributed by atoms with Gasteiger partial charge in [0.15, 0.2) is 6.29 Å². The smallest absolute Gasteiger partial charge is 0.217 e. The minimum Gasteiger partial charge on any atom is -0.392 e. The zero-order valence-electron chi connectivity index (χ0n) is 25.6. The second-order valence-electron chi connectivity index (χ2n) is 11.6. The summed E-state index contributed by atoms with van der Waals surface area (Å²) in [5.41, 5.74) is 6.87. The van der Waals surface area contributed by atoms with Crippen molar-refractivity contribution in [3.8, 4) is 11.1 Å². The fourth-order valence-corrected chi connectivity index (χ4v) is 5.61. The summed E-state index contributed by atoms with van der Waals surface area (Å²) in [5, 5.41) is 23.4. The first-order valence-corrected chi connectivity index (χ1v) is 15.2. The standard InChI is InChI=1S/C37H42N2O5/c1-25(36(42)31-9-5-4-6-10-31)39(3)23-34-21-35(30-14-12-27(24-40)13-15-30)44-37(43-34)32-18-16-29(17-19-32)33-11-7-8-28(20-33)22-38-26(2)41/h4-20,25,34-37,40,42H,21-24H2,1-3H3,(H,38,41)/t25-,34+,35-,36-,37-/m0/s1. The molecule has 1 heterocycles. The van der Waals surface area contributed by atoms with E-state index in [0.717, 1.165) is 38.9 Å². The van der Waals surface area contributed by atoms with Gasteiger partial charge in [0.1, 0.15) is 0 Å². The highest BCUT2D eigenvalue weighted by Crippen LogP contribution is 2.39. The van der Waals surface area contributed by atoms with Crippen molar-refractivity contribution >= 4 is 5.91 Å². The molecule has 0 bridgehead atoms. The van der Waals surface area contributed by atoms with E-state index in [-0.39, 0.29) is 30.8 Å². The Morgan fingerprint density at radius 3 is 2.27 bits per heavy atom. The molecule has 4 aromatic rings. The van der Waals surface area contributed by atoms with E-state index < -0.39 is 12.4 Å². The molecule has 0 aromatic heterocycles. The van der Waals surface area contributed by atoms with Crippen molar-refractivity contribution in [2.75, 3.05) is 13.6 Å². The minimum absolute atomic E-state index is 0.00488. The Kier molecular flexibility index (Phi) is 10.6. The summed E-state index contributed by atoms with van der Waals surface area (Å²) in [6, 6.07) is 33.9. The fourth-order valence-electron chi connectivity index (χ4n) is 5.61. The molecule has 5 atom stereocenters. The van der Waals surface area contributed by atoms with Crippen LogP contribution in [0.1, 0.15) is 66.6 Å². The number of nitrogens with zero attached hydrogens (tertiary/aromatic N) is 1. The number of benzene rings is 4. The van der Waals surface area contributed by atoms with Crippen LogP contribution in [0.15, 0.2) is 103 Å². The largest absolute Gasteiger partial charge is 0.392 e. The molecule has 0 spiro atoms. The molecule has 3 N–H and O–H groups in total. The average molecular weight is 595 g/mol. The molecule has 5 rings (SSSR count). The summed E-state index contributed by atoms with van der Waals surface area (Å²) < 4.78 is 13.1. The van der Waals surface area contributed by atoms with Gasteiger partial charge in [0.05, 0.1) is 24.9 Å². The van der Waals surface area contributed by atoms with Crippen LogP contribution < -0.4 is 5.32 Å². The van der Waals surface area contributed by atoms with Crippen LogP contribution in [0.3, 0.4) is 0 Å². The summed E-state index contributed by atoms with van der Waals surface area (Å²) >= 11 is 0. The summed E-state index contributed by atoms with van der Waals surface area (Å²) in [5.74, 6) is -0.0544. The molecule has 4 aromatic carbocycles. The normalized spacial score (nSPS) is 19.8. The highest BCUT2D eigenvalue weighted by molar-refractivity contribution is 5.73. The van der Waals surface area contributed by atoms with Crippen molar-refractivity contribution in [3.05, 3.63) is 131 Å². The second-order valence-corrected chi connectivity index (χ2v) is 11.6. The van der Waals surface area contributed by atoms with Crippen LogP contribution in [0.2, 0.25) is 0 Å². The number of aliphatic hydroxyl groups excluding tert-OH is 2. The summed E-state index contributed by atoms with van der Waals surface area (Å²) in [6.07, 6.45) is -0.870. The van der Waals surface area contributed by atoms with Crippen molar-refractivity contribution in [3.63, 3.8) is 0 Å². The molecular weight excluding hydrogens is 552 g/mol. The van der Waals surface area contributed by atoms with Crippen LogP contribution in [0.5, 0.6) is 0 Å². The Morgan fingerprint density at radius 2 is 1.59 bits per heavy atom. The molecule has 0 unspecified atom stereocenters. The number of amides is 1. The number of carbonyl (C=O) groups excluding carboxylic acids is 1. The first kappa shape index (κ1) is 31.6. The molecule has 1 saturated heterocycles. The number of nitrogens with one attached hydrogen (secondary N) is 1. The zero-order chi connectivity index (χ0) is 31.1. The number of ether oxygens (including phenoxy) is 2. The molecular formula is C37H42N2O5. The number of aliphatic hydroxyl groups is 2. The lowest BCUT2D eigenvalue weighted by Crippen LogP contribution is -2.43. The molecule has 1 fully saturated rings. The summed E-state index contributed by atoms with van der Waals surface area (Å²) in [7, 11) is 2.02. The Balaban J connectivity index is 1.34. The lowest BCUT2D eigenvalue weighted by Gasteiger charge is -2.39. The predicted octanol–water partition coefficient (Wildman–Crippen LogP) is 6.08. The van der Waals surface area contributed by atoms with E-state index >= 15 is 0 Å². The van der Waals surface area contributed by atoms with Crippen LogP contribution >= 0.6 is 0 Å². The van der Waals surface area contributed by atoms with Gasteiger partial charge in [-0.1, -0.05) is 97.1 Å². The van der Waals surface area contributed by atoms with Gasteiger partial charge in [-0.05, 0) is 53.4 Å². The maximum atomic E-state index is 11.3. The van der Waals surface area contributed by atoms with Gasteiger partial charge in [0, 0.05) is 38.0 Å². The molecule has 1 amide bonds. The third-order valence-corrected chi connectivity index (χ3v) is 8.38. The Labute approximate surface area is 260 Å². The van der Waals surface area contributed by atoms with Crippen LogP contribution in [0.4, 0.5) is 0 Å². The van der Waals surface area contributed by atoms with Gasteiger partial charge in [0.2, 0.25) is 5.91 Å². The fraction of sp³-hybridized carbons (Fsp3) is 0.324. The zero-order valence-corrected chi connectivity index (χ0v) is 25.6. The van der Waals surface area contributed by atoms with Gasteiger partial charge in [-0.3, -0.25) is 9.69 Å². The highest BCUT2D eigenvalue weighted by atomic mass is 16.7. The van der Waals surface area contributed by atoms with Gasteiger partial charge in [0.25, 0.3) is 0 Å². The van der Waals surface area contributed by atoms with Crippen LogP contribution in [0.25, 0.3) is 11.1 Å². The molecule has 0 saturated carbocycles. The van der Waals surface area contributed by atoms with E-state index in [1.165, 1.54) is 6.92 Å². The van der Waals surface area contributed by atoms with Crippen LogP contribution in [-0.2, 0) is 27.4 Å². The molecule has 0 aliphatic carbocycles. The van der Waals surface area contributed by atoms with Crippen molar-refractivity contribution < 1.29 is 24.5 Å². The second kappa shape index (κ2) is 14.8. The number of rotatable bonds is 11. The highest BCUT2D eigenvalue weighted by Gasteiger charge is 2.34. The SMILES string of the molecule is CC(=O)NCc1cccc(-c2ccc([C@H]3O[C@@H](CN(C)[C@@H](C)[C@H](O)c4ccccc4)C[C@@H](c4ccc(CO)cc4)O3)cc2)c1. The van der Waals surface area contributed by atoms with Crippen LogP contribution in [0, 0.1) is 0 Å². The maximum Gasteiger partial charge on any atom is 0.217 e. The van der Waals surface area contributed by atoms with E-state index in [4.69, 9.17) is 9.47 Å². The Hall–Kier alpha value is -3.85. The third kappa shape index (κ3) is 8.00. The van der Waals surface area contributed by atoms with E-state index in [2.05, 4.69) is 34.5 Å². The van der Waals surface area contributed by atoms with Crippen molar-refractivity contribution in [1.82, 2.24) is 10.2 Å². The van der Waals surface area contributed by atoms with E-state index in [1.807, 2.05) is 92.8 Å². The van der Waals surface area contributed by atoms with Crippen molar-refractivity contribution in [2.24, 2.45) is 0 Å².